The summed E-state index contributed by atoms with van der Waals surface area (Å²) in [4.78, 5) is 0. The van der Waals surface area contributed by atoms with E-state index in [2.05, 4.69) is 5.32 Å². The molecule has 114 valence electrons. The van der Waals surface area contributed by atoms with Crippen molar-refractivity contribution in [2.24, 2.45) is 0 Å². The van der Waals surface area contributed by atoms with Crippen LogP contribution in [0, 0.1) is 0 Å². The van der Waals surface area contributed by atoms with Gasteiger partial charge < -0.3 is 9.73 Å². The second-order valence-electron chi connectivity index (χ2n) is 5.46. The molecule has 0 unspecified atom stereocenters. The van der Waals surface area contributed by atoms with E-state index in [1.54, 1.807) is 0 Å². The fourth-order valence-corrected chi connectivity index (χ4v) is 3.06. The number of hydrogen-bond acceptors (Lipinski definition) is 2. The molecule has 0 amide bonds. The lowest BCUT2D eigenvalue weighted by Gasteiger charge is -2.22. The van der Waals surface area contributed by atoms with Gasteiger partial charge in [0.15, 0.2) is 0 Å². The van der Waals surface area contributed by atoms with E-state index in [0.29, 0.717) is 6.04 Å². The second-order valence-corrected chi connectivity index (χ2v) is 5.87. The smallest absolute Gasteiger partial charge is 0.135 e. The van der Waals surface area contributed by atoms with Crippen molar-refractivity contribution in [2.75, 3.05) is 0 Å². The van der Waals surface area contributed by atoms with Crippen molar-refractivity contribution < 1.29 is 4.42 Å². The number of benzene rings is 1. The van der Waals surface area contributed by atoms with Crippen LogP contribution in [0.1, 0.15) is 37.9 Å². The van der Waals surface area contributed by atoms with E-state index < -0.39 is 0 Å². The summed E-state index contributed by atoms with van der Waals surface area (Å²) in [7, 11) is 0. The first-order valence-electron chi connectivity index (χ1n) is 7.40. The van der Waals surface area contributed by atoms with Crippen molar-refractivity contribution in [2.45, 2.75) is 44.7 Å². The summed E-state index contributed by atoms with van der Waals surface area (Å²) in [6.07, 6.45) is 6.66. The van der Waals surface area contributed by atoms with Crippen molar-refractivity contribution in [1.29, 1.82) is 0 Å². The lowest BCUT2D eigenvalue weighted by molar-refractivity contribution is 0.358. The monoisotopic (exact) mass is 325 g/mol. The minimum absolute atomic E-state index is 0. The molecule has 0 aliphatic heterocycles. The zero-order chi connectivity index (χ0) is 13.8. The van der Waals surface area contributed by atoms with Gasteiger partial charge in [-0.2, -0.15) is 0 Å². The van der Waals surface area contributed by atoms with Crippen molar-refractivity contribution in [3.8, 4) is 11.3 Å². The van der Waals surface area contributed by atoms with Crippen LogP contribution in [0.3, 0.4) is 0 Å². The van der Waals surface area contributed by atoms with Crippen molar-refractivity contribution >= 4 is 24.0 Å². The molecule has 0 spiro atoms. The maximum atomic E-state index is 6.19. The highest BCUT2D eigenvalue weighted by atomic mass is 35.5. The summed E-state index contributed by atoms with van der Waals surface area (Å²) in [6, 6.07) is 12.5. The van der Waals surface area contributed by atoms with Gasteiger partial charge in [0.2, 0.25) is 0 Å². The van der Waals surface area contributed by atoms with Crippen molar-refractivity contribution in [3.05, 3.63) is 47.2 Å². The third-order valence-electron chi connectivity index (χ3n) is 3.97. The fraction of sp³-hybridized carbons (Fsp3) is 0.412. The maximum Gasteiger partial charge on any atom is 0.135 e. The predicted molar refractivity (Wildman–Crippen MR) is 90.1 cm³/mol. The van der Waals surface area contributed by atoms with Gasteiger partial charge in [-0.05, 0) is 37.1 Å². The highest BCUT2D eigenvalue weighted by molar-refractivity contribution is 6.33. The zero-order valence-electron chi connectivity index (χ0n) is 12.0. The van der Waals surface area contributed by atoms with E-state index in [-0.39, 0.29) is 12.4 Å². The molecule has 0 atom stereocenters. The molecule has 1 aromatic carbocycles. The van der Waals surface area contributed by atoms with Gasteiger partial charge in [0.05, 0.1) is 11.6 Å². The number of halogens is 2. The van der Waals surface area contributed by atoms with Crippen LogP contribution < -0.4 is 5.32 Å². The standard InChI is InChI=1S/C17H20ClNO.ClH/c18-16-9-5-4-8-15(16)17-11-10-14(20-17)12-19-13-6-2-1-3-7-13;/h4-5,8-11,13,19H,1-3,6-7,12H2;1H. The Kier molecular flexibility index (Phi) is 6.16. The molecule has 4 heteroatoms. The Morgan fingerprint density at radius 1 is 1.05 bits per heavy atom. The van der Waals surface area contributed by atoms with Crippen molar-refractivity contribution in [1.82, 2.24) is 5.32 Å². The fourth-order valence-electron chi connectivity index (χ4n) is 2.83. The number of nitrogens with one attached hydrogen (secondary N) is 1. The highest BCUT2D eigenvalue weighted by Gasteiger charge is 2.13. The minimum Gasteiger partial charge on any atom is -0.460 e. The Bertz CT molecular complexity index is 561. The number of furan rings is 1. The van der Waals surface area contributed by atoms with Crippen LogP contribution >= 0.6 is 24.0 Å². The first-order chi connectivity index (χ1) is 9.83. The van der Waals surface area contributed by atoms with Crippen LogP contribution in [0.5, 0.6) is 0 Å². The van der Waals surface area contributed by atoms with Gasteiger partial charge in [-0.3, -0.25) is 0 Å². The minimum atomic E-state index is 0. The van der Waals surface area contributed by atoms with Crippen LogP contribution in [0.4, 0.5) is 0 Å². The van der Waals surface area contributed by atoms with Crippen LogP contribution in [0.2, 0.25) is 5.02 Å². The maximum absolute atomic E-state index is 6.19. The van der Waals surface area contributed by atoms with E-state index in [0.717, 1.165) is 28.7 Å². The summed E-state index contributed by atoms with van der Waals surface area (Å²) < 4.78 is 5.89. The lowest BCUT2D eigenvalue weighted by atomic mass is 9.95. The molecule has 1 aliphatic rings. The molecule has 1 fully saturated rings. The average molecular weight is 326 g/mol. The van der Waals surface area contributed by atoms with Gasteiger partial charge in [-0.15, -0.1) is 12.4 Å². The first kappa shape index (κ1) is 16.4. The summed E-state index contributed by atoms with van der Waals surface area (Å²) in [5.41, 5.74) is 0.957. The molecule has 2 nitrogen and oxygen atoms in total. The third-order valence-corrected chi connectivity index (χ3v) is 4.30. The second kappa shape index (κ2) is 7.88. The van der Waals surface area contributed by atoms with E-state index in [1.165, 1.54) is 32.1 Å². The molecule has 21 heavy (non-hydrogen) atoms. The molecule has 1 aromatic heterocycles. The normalized spacial score (nSPS) is 15.7. The van der Waals surface area contributed by atoms with Gasteiger partial charge in [-0.25, -0.2) is 0 Å². The van der Waals surface area contributed by atoms with Crippen molar-refractivity contribution in [3.63, 3.8) is 0 Å². The van der Waals surface area contributed by atoms with Gasteiger partial charge in [-0.1, -0.05) is 43.0 Å². The highest BCUT2D eigenvalue weighted by Crippen LogP contribution is 2.29. The zero-order valence-corrected chi connectivity index (χ0v) is 13.6. The SMILES string of the molecule is Cl.Clc1ccccc1-c1ccc(CNC2CCCCC2)o1. The van der Waals surface area contributed by atoms with Gasteiger partial charge in [0.25, 0.3) is 0 Å². The summed E-state index contributed by atoms with van der Waals surface area (Å²) in [5, 5.41) is 4.32. The molecule has 3 rings (SSSR count). The predicted octanol–water partition coefficient (Wildman–Crippen LogP) is 5.44. The van der Waals surface area contributed by atoms with E-state index in [9.17, 15) is 0 Å². The Labute approximate surface area is 137 Å². The van der Waals surface area contributed by atoms with Gasteiger partial charge in [0.1, 0.15) is 11.5 Å². The van der Waals surface area contributed by atoms with Crippen LogP contribution in [-0.4, -0.2) is 6.04 Å². The Morgan fingerprint density at radius 2 is 1.81 bits per heavy atom. The molecule has 1 N–H and O–H groups in total. The first-order valence-corrected chi connectivity index (χ1v) is 7.78. The van der Waals surface area contributed by atoms with E-state index in [4.69, 9.17) is 16.0 Å². The summed E-state index contributed by atoms with van der Waals surface area (Å²) in [6.45, 7) is 0.801. The quantitative estimate of drug-likeness (QED) is 0.809. The van der Waals surface area contributed by atoms with Crippen LogP contribution in [0.25, 0.3) is 11.3 Å². The molecule has 0 saturated heterocycles. The molecular formula is C17H21Cl2NO. The molecule has 0 bridgehead atoms. The van der Waals surface area contributed by atoms with E-state index in [1.807, 2.05) is 36.4 Å². The summed E-state index contributed by atoms with van der Waals surface area (Å²) in [5.74, 6) is 1.82. The third kappa shape index (κ3) is 4.26. The molecular weight excluding hydrogens is 305 g/mol. The number of hydrogen-bond donors (Lipinski definition) is 1. The van der Waals surface area contributed by atoms with Crippen LogP contribution in [-0.2, 0) is 6.54 Å². The summed E-state index contributed by atoms with van der Waals surface area (Å²) >= 11 is 6.19. The Hall–Kier alpha value is -0.960. The Morgan fingerprint density at radius 3 is 2.57 bits per heavy atom. The molecule has 0 radical (unpaired) electrons. The number of rotatable bonds is 4. The largest absolute Gasteiger partial charge is 0.460 e. The van der Waals surface area contributed by atoms with Gasteiger partial charge in [0, 0.05) is 11.6 Å². The molecule has 2 aromatic rings. The van der Waals surface area contributed by atoms with E-state index >= 15 is 0 Å². The topological polar surface area (TPSA) is 25.2 Å². The molecule has 1 saturated carbocycles. The van der Waals surface area contributed by atoms with Gasteiger partial charge >= 0.3 is 0 Å². The molecule has 1 aliphatic carbocycles. The van der Waals surface area contributed by atoms with Crippen LogP contribution in [0.15, 0.2) is 40.8 Å². The average Bonchev–Trinajstić information content (AvgIpc) is 2.95. The lowest BCUT2D eigenvalue weighted by Crippen LogP contribution is -2.30. The molecule has 1 heterocycles. The Balaban J connectivity index is 0.00000161.